The lowest BCUT2D eigenvalue weighted by Crippen LogP contribution is -2.33. The van der Waals surface area contributed by atoms with E-state index in [0.29, 0.717) is 11.3 Å². The first kappa shape index (κ1) is 38.8. The maximum absolute atomic E-state index is 12.7. The van der Waals surface area contributed by atoms with Crippen molar-refractivity contribution in [2.75, 3.05) is 19.9 Å². The molecule has 1 saturated heterocycles. The number of phosphoric ester groups is 1. The van der Waals surface area contributed by atoms with E-state index in [1.807, 2.05) is 0 Å². The standard InChI is InChI=1S/C25H33N4O17P3/c26-11-16-9-18(43-17-4-1-5-17)6-7-19(16)24(31)40-8-2-3-15-12-29(25(32)28-23(15)30)22-10-20(41-14-27)21(44-22)13-42-48(36,37)46-49(38,39)45-47(33,34)35/h6-7,9,12,17,20-22H,1,4-5,8,10-11,13-14,26-27H2,(H,36,37)(H,38,39)(H,28,30,32)(H2,33,34,35)/t20-,21?,22-/m1/s1. The molecule has 2 aliphatic rings. The molecule has 24 heteroatoms. The van der Waals surface area contributed by atoms with Crippen LogP contribution >= 0.6 is 23.5 Å². The minimum Gasteiger partial charge on any atom is -0.490 e. The van der Waals surface area contributed by atoms with Crippen molar-refractivity contribution in [3.05, 3.63) is 61.9 Å². The van der Waals surface area contributed by atoms with E-state index >= 15 is 0 Å². The molecule has 1 aliphatic heterocycles. The Morgan fingerprint density at radius 2 is 1.82 bits per heavy atom. The lowest BCUT2D eigenvalue weighted by atomic mass is 9.96. The number of H-pyrrole nitrogens is 1. The monoisotopic (exact) mass is 754 g/mol. The van der Waals surface area contributed by atoms with E-state index in [1.54, 1.807) is 12.1 Å². The Morgan fingerprint density at radius 1 is 1.08 bits per heavy atom. The zero-order chi connectivity index (χ0) is 36.0. The largest absolute Gasteiger partial charge is 0.490 e. The number of esters is 1. The summed E-state index contributed by atoms with van der Waals surface area (Å²) in [6.45, 7) is -1.65. The molecule has 1 aromatic carbocycles. The summed E-state index contributed by atoms with van der Waals surface area (Å²) in [5.41, 5.74) is 9.92. The van der Waals surface area contributed by atoms with Crippen molar-refractivity contribution in [2.24, 2.45) is 11.5 Å². The van der Waals surface area contributed by atoms with Crippen LogP contribution in [0.4, 0.5) is 0 Å². The van der Waals surface area contributed by atoms with Gasteiger partial charge >= 0.3 is 35.1 Å². The van der Waals surface area contributed by atoms with Gasteiger partial charge in [-0.15, -0.1) is 0 Å². The average Bonchev–Trinajstić information content (AvgIpc) is 3.37. The molecule has 1 aromatic heterocycles. The third-order valence-corrected chi connectivity index (χ3v) is 10.8. The lowest BCUT2D eigenvalue weighted by molar-refractivity contribution is -0.0602. The molecular weight excluding hydrogens is 721 g/mol. The van der Waals surface area contributed by atoms with Gasteiger partial charge in [0.15, 0.2) is 6.61 Å². The van der Waals surface area contributed by atoms with Crippen LogP contribution in [0.15, 0.2) is 34.0 Å². The number of rotatable bonds is 15. The van der Waals surface area contributed by atoms with Crippen molar-refractivity contribution in [1.29, 1.82) is 0 Å². The summed E-state index contributed by atoms with van der Waals surface area (Å²) in [4.78, 5) is 76.2. The quantitative estimate of drug-likeness (QED) is 0.0547. The van der Waals surface area contributed by atoms with Crippen LogP contribution in [-0.4, -0.2) is 73.4 Å². The molecule has 49 heavy (non-hydrogen) atoms. The summed E-state index contributed by atoms with van der Waals surface area (Å²) in [5, 5.41) is 0. The van der Waals surface area contributed by atoms with Gasteiger partial charge in [0.2, 0.25) is 0 Å². The molecule has 4 rings (SSSR count). The first-order chi connectivity index (χ1) is 23.0. The minimum absolute atomic E-state index is 0.0501. The maximum atomic E-state index is 12.7. The summed E-state index contributed by atoms with van der Waals surface area (Å²) in [7, 11) is -16.9. The Kier molecular flexibility index (Phi) is 12.9. The molecule has 3 unspecified atom stereocenters. The van der Waals surface area contributed by atoms with Crippen molar-refractivity contribution < 1.29 is 70.2 Å². The van der Waals surface area contributed by atoms with E-state index in [1.165, 1.54) is 6.07 Å². The number of aromatic nitrogens is 2. The van der Waals surface area contributed by atoms with Gasteiger partial charge in [-0.1, -0.05) is 11.8 Å². The van der Waals surface area contributed by atoms with Crippen LogP contribution in [0, 0.1) is 11.8 Å². The molecule has 0 radical (unpaired) electrons. The van der Waals surface area contributed by atoms with Gasteiger partial charge in [-0.25, -0.2) is 23.3 Å². The summed E-state index contributed by atoms with van der Waals surface area (Å²) in [5.74, 6) is 4.90. The molecule has 9 N–H and O–H groups in total. The van der Waals surface area contributed by atoms with Gasteiger partial charge in [0.05, 0.1) is 31.1 Å². The Morgan fingerprint density at radius 3 is 2.45 bits per heavy atom. The smallest absolute Gasteiger partial charge is 0.490 e. The maximum Gasteiger partial charge on any atom is 0.490 e. The van der Waals surface area contributed by atoms with Crippen molar-refractivity contribution in [1.82, 2.24) is 9.55 Å². The van der Waals surface area contributed by atoms with Gasteiger partial charge in [-0.2, -0.15) is 8.62 Å². The normalized spacial score (nSPS) is 21.9. The van der Waals surface area contributed by atoms with E-state index in [0.717, 1.165) is 30.0 Å². The number of phosphoric acid groups is 3. The fourth-order valence-corrected chi connectivity index (χ4v) is 7.61. The summed E-state index contributed by atoms with van der Waals surface area (Å²) in [6.07, 6.45) is 0.593. The van der Waals surface area contributed by atoms with Crippen molar-refractivity contribution in [3.63, 3.8) is 0 Å². The minimum atomic E-state index is -5.77. The highest BCUT2D eigenvalue weighted by molar-refractivity contribution is 7.66. The van der Waals surface area contributed by atoms with E-state index in [-0.39, 0.29) is 36.9 Å². The molecule has 0 amide bonds. The fraction of sp³-hybridized carbons (Fsp3) is 0.480. The molecular formula is C25H33N4O17P3. The van der Waals surface area contributed by atoms with Gasteiger partial charge in [0.25, 0.3) is 5.56 Å². The molecule has 2 heterocycles. The number of benzene rings is 1. The van der Waals surface area contributed by atoms with Gasteiger partial charge in [0.1, 0.15) is 23.6 Å². The molecule has 5 atom stereocenters. The van der Waals surface area contributed by atoms with Crippen LogP contribution in [0.3, 0.4) is 0 Å². The van der Waals surface area contributed by atoms with Gasteiger partial charge in [-0.05, 0) is 43.0 Å². The number of carbonyl (C=O) groups excluding carboxylic acids is 1. The second-order valence-corrected chi connectivity index (χ2v) is 14.8. The number of hydrogen-bond acceptors (Lipinski definition) is 15. The van der Waals surface area contributed by atoms with E-state index < -0.39 is 72.3 Å². The average molecular weight is 754 g/mol. The van der Waals surface area contributed by atoms with E-state index in [9.17, 15) is 37.9 Å². The van der Waals surface area contributed by atoms with Crippen LogP contribution in [-0.2, 0) is 47.6 Å². The van der Waals surface area contributed by atoms with Crippen LogP contribution < -0.4 is 27.5 Å². The highest BCUT2D eigenvalue weighted by Crippen LogP contribution is 2.66. The number of nitrogens with two attached hydrogens (primary N) is 2. The Hall–Kier alpha value is -3.02. The molecule has 0 bridgehead atoms. The van der Waals surface area contributed by atoms with Crippen LogP contribution in [0.25, 0.3) is 0 Å². The number of nitrogens with one attached hydrogen (secondary N) is 1. The molecule has 2 fully saturated rings. The summed E-state index contributed by atoms with van der Waals surface area (Å²) in [6, 6.07) is 4.84. The van der Waals surface area contributed by atoms with Crippen LogP contribution in [0.1, 0.15) is 53.4 Å². The van der Waals surface area contributed by atoms with E-state index in [4.69, 9.17) is 40.2 Å². The Bertz CT molecular complexity index is 1850. The number of nitrogens with zero attached hydrogens (tertiary/aromatic N) is 1. The second-order valence-electron chi connectivity index (χ2n) is 10.4. The molecule has 270 valence electrons. The zero-order valence-electron chi connectivity index (χ0n) is 25.3. The number of hydrogen-bond donors (Lipinski definition) is 7. The highest BCUT2D eigenvalue weighted by Gasteiger charge is 2.43. The summed E-state index contributed by atoms with van der Waals surface area (Å²) >= 11 is 0. The Balaban J connectivity index is 1.40. The predicted molar refractivity (Wildman–Crippen MR) is 163 cm³/mol. The van der Waals surface area contributed by atoms with Crippen LogP contribution in [0.2, 0.25) is 0 Å². The predicted octanol–water partition coefficient (Wildman–Crippen LogP) is 0.0673. The van der Waals surface area contributed by atoms with Crippen molar-refractivity contribution in [2.45, 2.75) is 56.8 Å². The lowest BCUT2D eigenvalue weighted by Gasteiger charge is -2.26. The highest BCUT2D eigenvalue weighted by atomic mass is 31.3. The third kappa shape index (κ3) is 11.2. The van der Waals surface area contributed by atoms with Gasteiger partial charge < -0.3 is 50.0 Å². The molecule has 2 aromatic rings. The van der Waals surface area contributed by atoms with E-state index in [2.05, 4.69) is 30.0 Å². The van der Waals surface area contributed by atoms with Gasteiger partial charge in [-0.3, -0.25) is 18.9 Å². The van der Waals surface area contributed by atoms with Crippen molar-refractivity contribution >= 4 is 29.4 Å². The summed E-state index contributed by atoms with van der Waals surface area (Å²) < 4.78 is 69.5. The topological polar surface area (TPSA) is 321 Å². The van der Waals surface area contributed by atoms with Crippen LogP contribution in [0.5, 0.6) is 5.75 Å². The third-order valence-electron chi connectivity index (χ3n) is 6.96. The fourth-order valence-electron chi connectivity index (χ4n) is 4.58. The molecule has 21 nitrogen and oxygen atoms in total. The number of aromatic amines is 1. The molecule has 1 saturated carbocycles. The zero-order valence-corrected chi connectivity index (χ0v) is 28.0. The Labute approximate surface area is 276 Å². The van der Waals surface area contributed by atoms with Crippen molar-refractivity contribution in [3.8, 4) is 17.6 Å². The number of ether oxygens (including phenoxy) is 4. The molecule has 0 spiro atoms. The van der Waals surface area contributed by atoms with Gasteiger partial charge in [0, 0.05) is 19.2 Å². The second kappa shape index (κ2) is 16.3. The first-order valence-electron chi connectivity index (χ1n) is 14.3. The number of carbonyl (C=O) groups is 1. The first-order valence-corrected chi connectivity index (χ1v) is 18.8. The molecule has 1 aliphatic carbocycles. The SMILES string of the molecule is NCO[C@@H]1C[C@H](n2cc(C#CCOC(=O)c3ccc(OC4CCC4)cc3CN)c(=O)[nH]c2=O)OC1COP(=O)(O)OP(=O)(O)OP(=O)(O)O.